The molecule has 0 aliphatic rings. The number of benzene rings is 1. The molecule has 3 aromatic rings. The summed E-state index contributed by atoms with van der Waals surface area (Å²) in [6, 6.07) is 10.4. The van der Waals surface area contributed by atoms with Gasteiger partial charge in [0, 0.05) is 24.4 Å². The molecule has 4 heteroatoms. The number of hydrogen-bond acceptors (Lipinski definition) is 3. The second-order valence-electron chi connectivity index (χ2n) is 5.05. The van der Waals surface area contributed by atoms with Gasteiger partial charge in [0.05, 0.1) is 11.0 Å². The Morgan fingerprint density at radius 2 is 2.10 bits per heavy atom. The van der Waals surface area contributed by atoms with E-state index in [0.29, 0.717) is 0 Å². The minimum Gasteiger partial charge on any atom is -0.331 e. The lowest BCUT2D eigenvalue weighted by Crippen LogP contribution is -2.15. The van der Waals surface area contributed by atoms with Crippen LogP contribution in [0.3, 0.4) is 0 Å². The molecular formula is C16H19N3S. The normalized spacial score (nSPS) is 12.9. The van der Waals surface area contributed by atoms with Gasteiger partial charge in [0.1, 0.15) is 5.82 Å². The van der Waals surface area contributed by atoms with Gasteiger partial charge in [0.15, 0.2) is 0 Å². The fraction of sp³-hybridized carbons (Fsp3) is 0.312. The van der Waals surface area contributed by atoms with Crippen molar-refractivity contribution >= 4 is 22.4 Å². The van der Waals surface area contributed by atoms with Gasteiger partial charge in [0.25, 0.3) is 0 Å². The molecule has 0 aliphatic heterocycles. The van der Waals surface area contributed by atoms with Crippen molar-refractivity contribution in [1.29, 1.82) is 0 Å². The summed E-state index contributed by atoms with van der Waals surface area (Å²) >= 11 is 1.75. The predicted molar refractivity (Wildman–Crippen MR) is 85.0 cm³/mol. The zero-order chi connectivity index (χ0) is 14.1. The molecule has 0 bridgehead atoms. The first-order chi connectivity index (χ1) is 9.70. The Balaban J connectivity index is 1.91. The second-order valence-corrected chi connectivity index (χ2v) is 6.00. The number of hydrogen-bond donors (Lipinski definition) is 1. The summed E-state index contributed by atoms with van der Waals surface area (Å²) in [6.07, 6.45) is 1.81. The fourth-order valence-electron chi connectivity index (χ4n) is 2.63. The van der Waals surface area contributed by atoms with E-state index in [2.05, 4.69) is 36.1 Å². The molecule has 0 saturated carbocycles. The Morgan fingerprint density at radius 3 is 2.85 bits per heavy atom. The highest BCUT2D eigenvalue weighted by Crippen LogP contribution is 2.26. The second kappa shape index (κ2) is 5.38. The van der Waals surface area contributed by atoms with E-state index in [1.165, 1.54) is 10.4 Å². The topological polar surface area (TPSA) is 43.8 Å². The molecule has 1 unspecified atom stereocenters. The molecule has 3 nitrogen and oxygen atoms in total. The molecule has 0 amide bonds. The van der Waals surface area contributed by atoms with E-state index < -0.39 is 0 Å². The van der Waals surface area contributed by atoms with Crippen molar-refractivity contribution in [2.45, 2.75) is 25.8 Å². The number of aryl methyl sites for hydroxylation is 2. The SMILES string of the molecule is CCc1ccsc1C(N)Cc1nc2ccccc2n1C. The minimum absolute atomic E-state index is 0.0282. The van der Waals surface area contributed by atoms with Gasteiger partial charge >= 0.3 is 0 Å². The molecule has 20 heavy (non-hydrogen) atoms. The van der Waals surface area contributed by atoms with Gasteiger partial charge in [-0.05, 0) is 35.6 Å². The number of aromatic nitrogens is 2. The zero-order valence-electron chi connectivity index (χ0n) is 11.8. The van der Waals surface area contributed by atoms with E-state index >= 15 is 0 Å². The summed E-state index contributed by atoms with van der Waals surface area (Å²) < 4.78 is 2.15. The highest BCUT2D eigenvalue weighted by Gasteiger charge is 2.16. The smallest absolute Gasteiger partial charge is 0.111 e. The molecule has 0 aliphatic carbocycles. The number of thiophene rings is 1. The standard InChI is InChI=1S/C16H19N3S/c1-3-11-8-9-20-16(11)12(17)10-15-18-13-6-4-5-7-14(13)19(15)2/h4-9,12H,3,10,17H2,1-2H3. The summed E-state index contributed by atoms with van der Waals surface area (Å²) in [5.41, 5.74) is 9.96. The third kappa shape index (κ3) is 2.25. The van der Waals surface area contributed by atoms with Crippen molar-refractivity contribution in [3.8, 4) is 0 Å². The third-order valence-electron chi connectivity index (χ3n) is 3.78. The Hall–Kier alpha value is -1.65. The third-order valence-corrected chi connectivity index (χ3v) is 4.87. The molecule has 0 fully saturated rings. The zero-order valence-corrected chi connectivity index (χ0v) is 12.7. The average Bonchev–Trinajstić information content (AvgIpc) is 3.05. The highest BCUT2D eigenvalue weighted by molar-refractivity contribution is 7.10. The molecule has 0 saturated heterocycles. The Morgan fingerprint density at radius 1 is 1.30 bits per heavy atom. The van der Waals surface area contributed by atoms with Crippen LogP contribution in [0.15, 0.2) is 35.7 Å². The number of para-hydroxylation sites is 2. The molecule has 3 rings (SSSR count). The number of fused-ring (bicyclic) bond motifs is 1. The summed E-state index contributed by atoms with van der Waals surface area (Å²) in [7, 11) is 2.06. The Labute approximate surface area is 123 Å². The lowest BCUT2D eigenvalue weighted by molar-refractivity contribution is 0.670. The molecule has 2 aromatic heterocycles. The van der Waals surface area contributed by atoms with Gasteiger partial charge in [-0.1, -0.05) is 19.1 Å². The monoisotopic (exact) mass is 285 g/mol. The fourth-order valence-corrected chi connectivity index (χ4v) is 3.63. The van der Waals surface area contributed by atoms with Crippen molar-refractivity contribution in [1.82, 2.24) is 9.55 Å². The van der Waals surface area contributed by atoms with Crippen LogP contribution in [0.2, 0.25) is 0 Å². The van der Waals surface area contributed by atoms with Gasteiger partial charge in [-0.25, -0.2) is 4.98 Å². The summed E-state index contributed by atoms with van der Waals surface area (Å²) in [6.45, 7) is 2.17. The van der Waals surface area contributed by atoms with E-state index in [0.717, 1.165) is 29.7 Å². The summed E-state index contributed by atoms with van der Waals surface area (Å²) in [5, 5.41) is 2.13. The quantitative estimate of drug-likeness (QED) is 0.798. The van der Waals surface area contributed by atoms with E-state index in [9.17, 15) is 0 Å². The number of nitrogens with zero attached hydrogens (tertiary/aromatic N) is 2. The van der Waals surface area contributed by atoms with Crippen LogP contribution < -0.4 is 5.73 Å². The van der Waals surface area contributed by atoms with Crippen molar-refractivity contribution in [2.75, 3.05) is 0 Å². The number of imidazole rings is 1. The van der Waals surface area contributed by atoms with Crippen molar-refractivity contribution in [2.24, 2.45) is 12.8 Å². The molecular weight excluding hydrogens is 266 g/mol. The molecule has 1 aromatic carbocycles. The van der Waals surface area contributed by atoms with Crippen LogP contribution in [-0.2, 0) is 19.9 Å². The molecule has 1 atom stereocenters. The maximum atomic E-state index is 6.40. The Bertz CT molecular complexity index is 726. The molecule has 2 N–H and O–H groups in total. The Kier molecular flexibility index (Phi) is 3.59. The molecule has 2 heterocycles. The van der Waals surface area contributed by atoms with E-state index in [1.807, 2.05) is 18.2 Å². The van der Waals surface area contributed by atoms with Crippen LogP contribution in [0.1, 0.15) is 29.2 Å². The van der Waals surface area contributed by atoms with Gasteiger partial charge in [0.2, 0.25) is 0 Å². The largest absolute Gasteiger partial charge is 0.331 e. The summed E-state index contributed by atoms with van der Waals surface area (Å²) in [5.74, 6) is 1.05. The number of rotatable bonds is 4. The highest BCUT2D eigenvalue weighted by atomic mass is 32.1. The lowest BCUT2D eigenvalue weighted by Gasteiger charge is -2.12. The van der Waals surface area contributed by atoms with Gasteiger partial charge in [-0.15, -0.1) is 11.3 Å². The van der Waals surface area contributed by atoms with Crippen LogP contribution >= 0.6 is 11.3 Å². The van der Waals surface area contributed by atoms with Crippen LogP contribution in [-0.4, -0.2) is 9.55 Å². The van der Waals surface area contributed by atoms with Crippen LogP contribution in [0.25, 0.3) is 11.0 Å². The first-order valence-electron chi connectivity index (χ1n) is 6.93. The minimum atomic E-state index is 0.0282. The van der Waals surface area contributed by atoms with Crippen molar-refractivity contribution in [3.63, 3.8) is 0 Å². The van der Waals surface area contributed by atoms with Gasteiger partial charge < -0.3 is 10.3 Å². The average molecular weight is 285 g/mol. The van der Waals surface area contributed by atoms with Gasteiger partial charge in [-0.2, -0.15) is 0 Å². The van der Waals surface area contributed by atoms with Crippen molar-refractivity contribution < 1.29 is 0 Å². The maximum absolute atomic E-state index is 6.40. The molecule has 104 valence electrons. The molecule has 0 spiro atoms. The van der Waals surface area contributed by atoms with Crippen LogP contribution in [0, 0.1) is 0 Å². The van der Waals surface area contributed by atoms with Crippen LogP contribution in [0.5, 0.6) is 0 Å². The summed E-state index contributed by atoms with van der Waals surface area (Å²) in [4.78, 5) is 6.00. The first kappa shape index (κ1) is 13.3. The van der Waals surface area contributed by atoms with Crippen LogP contribution in [0.4, 0.5) is 0 Å². The van der Waals surface area contributed by atoms with Gasteiger partial charge in [-0.3, -0.25) is 0 Å². The molecule has 0 radical (unpaired) electrons. The maximum Gasteiger partial charge on any atom is 0.111 e. The van der Waals surface area contributed by atoms with E-state index in [4.69, 9.17) is 10.7 Å². The van der Waals surface area contributed by atoms with E-state index in [-0.39, 0.29) is 6.04 Å². The van der Waals surface area contributed by atoms with E-state index in [1.54, 1.807) is 11.3 Å². The number of nitrogens with two attached hydrogens (primary N) is 1. The lowest BCUT2D eigenvalue weighted by atomic mass is 10.1. The predicted octanol–water partition coefficient (Wildman–Crippen LogP) is 3.44. The first-order valence-corrected chi connectivity index (χ1v) is 7.80. The van der Waals surface area contributed by atoms with Crippen molar-refractivity contribution in [3.05, 3.63) is 52.0 Å².